The number of benzene rings is 2. The number of anilines is 1. The van der Waals surface area contributed by atoms with Gasteiger partial charge in [-0.2, -0.15) is 5.26 Å². The highest BCUT2D eigenvalue weighted by Crippen LogP contribution is 2.41. The van der Waals surface area contributed by atoms with Gasteiger partial charge in [0.25, 0.3) is 0 Å². The van der Waals surface area contributed by atoms with E-state index in [1.165, 1.54) is 6.42 Å². The maximum atomic E-state index is 12.7. The van der Waals surface area contributed by atoms with Crippen LogP contribution in [0.2, 0.25) is 0 Å². The van der Waals surface area contributed by atoms with Crippen LogP contribution in [0.3, 0.4) is 0 Å². The summed E-state index contributed by atoms with van der Waals surface area (Å²) in [6.07, 6.45) is 5.12. The van der Waals surface area contributed by atoms with Crippen molar-refractivity contribution in [1.82, 2.24) is 0 Å². The van der Waals surface area contributed by atoms with Gasteiger partial charge >= 0.3 is 0 Å². The summed E-state index contributed by atoms with van der Waals surface area (Å²) in [4.78, 5) is 12.7. The summed E-state index contributed by atoms with van der Waals surface area (Å²) < 4.78 is 6.08. The van der Waals surface area contributed by atoms with Crippen LogP contribution in [0.1, 0.15) is 37.7 Å². The first-order valence-electron chi connectivity index (χ1n) is 9.76. The van der Waals surface area contributed by atoms with Crippen molar-refractivity contribution in [3.63, 3.8) is 0 Å². The minimum absolute atomic E-state index is 0.00857. The van der Waals surface area contributed by atoms with Gasteiger partial charge in [0.15, 0.2) is 0 Å². The monoisotopic (exact) mass is 370 g/mol. The van der Waals surface area contributed by atoms with Crippen LogP contribution in [0.4, 0.5) is 5.88 Å². The van der Waals surface area contributed by atoms with Gasteiger partial charge in [0.2, 0.25) is 11.8 Å². The van der Waals surface area contributed by atoms with Gasteiger partial charge in [0.1, 0.15) is 17.4 Å². The van der Waals surface area contributed by atoms with Crippen molar-refractivity contribution in [1.29, 1.82) is 5.26 Å². The van der Waals surface area contributed by atoms with Crippen molar-refractivity contribution < 1.29 is 9.21 Å². The predicted octanol–water partition coefficient (Wildman–Crippen LogP) is 6.00. The van der Waals surface area contributed by atoms with Crippen molar-refractivity contribution in [2.75, 3.05) is 5.32 Å². The fourth-order valence-electron chi connectivity index (χ4n) is 3.88. The Morgan fingerprint density at radius 3 is 2.14 bits per heavy atom. The third-order valence-corrected chi connectivity index (χ3v) is 5.33. The van der Waals surface area contributed by atoms with E-state index in [-0.39, 0.29) is 17.7 Å². The number of hydrogen-bond donors (Lipinski definition) is 1. The number of amides is 1. The van der Waals surface area contributed by atoms with Gasteiger partial charge in [0.05, 0.1) is 0 Å². The van der Waals surface area contributed by atoms with Crippen LogP contribution >= 0.6 is 0 Å². The second-order valence-electron chi connectivity index (χ2n) is 7.18. The highest BCUT2D eigenvalue weighted by atomic mass is 16.4. The lowest BCUT2D eigenvalue weighted by atomic mass is 9.88. The summed E-state index contributed by atoms with van der Waals surface area (Å²) >= 11 is 0. The zero-order valence-electron chi connectivity index (χ0n) is 15.7. The molecule has 0 bridgehead atoms. The molecule has 1 saturated carbocycles. The number of rotatable bonds is 4. The average molecular weight is 370 g/mol. The average Bonchev–Trinajstić information content (AvgIpc) is 3.13. The molecule has 1 aliphatic rings. The van der Waals surface area contributed by atoms with Crippen LogP contribution in [-0.4, -0.2) is 5.91 Å². The molecule has 1 aromatic heterocycles. The molecule has 1 heterocycles. The number of hydrogen-bond acceptors (Lipinski definition) is 3. The molecule has 1 fully saturated rings. The molecular formula is C24H22N2O2. The van der Waals surface area contributed by atoms with Crippen molar-refractivity contribution in [2.24, 2.45) is 5.92 Å². The Labute approximate surface area is 164 Å². The van der Waals surface area contributed by atoms with Crippen molar-refractivity contribution >= 4 is 11.8 Å². The maximum Gasteiger partial charge on any atom is 0.229 e. The maximum absolute atomic E-state index is 12.7. The topological polar surface area (TPSA) is 66.0 Å². The van der Waals surface area contributed by atoms with E-state index in [1.807, 2.05) is 60.7 Å². The second kappa shape index (κ2) is 8.14. The van der Waals surface area contributed by atoms with E-state index >= 15 is 0 Å². The molecule has 1 amide bonds. The molecule has 2 aromatic carbocycles. The van der Waals surface area contributed by atoms with Gasteiger partial charge < -0.3 is 4.42 Å². The number of furan rings is 1. The number of carbonyl (C=O) groups is 1. The molecule has 0 atom stereocenters. The lowest BCUT2D eigenvalue weighted by Crippen LogP contribution is -2.24. The Hall–Kier alpha value is -3.32. The first-order valence-corrected chi connectivity index (χ1v) is 9.76. The van der Waals surface area contributed by atoms with Gasteiger partial charge in [-0.15, -0.1) is 0 Å². The first-order chi connectivity index (χ1) is 13.8. The minimum atomic E-state index is -0.0517. The number of nitrogens with zero attached hydrogens (tertiary/aromatic N) is 1. The van der Waals surface area contributed by atoms with Crippen LogP contribution < -0.4 is 5.32 Å². The summed E-state index contributed by atoms with van der Waals surface area (Å²) in [5.74, 6) is 0.785. The largest absolute Gasteiger partial charge is 0.438 e. The van der Waals surface area contributed by atoms with Crippen molar-refractivity contribution in [3.8, 4) is 28.5 Å². The molecule has 3 aromatic rings. The van der Waals surface area contributed by atoms with E-state index in [4.69, 9.17) is 4.42 Å². The first kappa shape index (κ1) is 18.1. The third-order valence-electron chi connectivity index (χ3n) is 5.33. The Morgan fingerprint density at radius 1 is 0.929 bits per heavy atom. The van der Waals surface area contributed by atoms with Gasteiger partial charge in [-0.05, 0) is 18.4 Å². The lowest BCUT2D eigenvalue weighted by Gasteiger charge is -2.20. The van der Waals surface area contributed by atoms with E-state index < -0.39 is 0 Å². The highest BCUT2D eigenvalue weighted by Gasteiger charge is 2.27. The second-order valence-corrected chi connectivity index (χ2v) is 7.18. The van der Waals surface area contributed by atoms with Crippen LogP contribution in [0, 0.1) is 17.2 Å². The lowest BCUT2D eigenvalue weighted by molar-refractivity contribution is -0.120. The normalized spacial score (nSPS) is 14.4. The summed E-state index contributed by atoms with van der Waals surface area (Å²) in [5, 5.41) is 12.8. The predicted molar refractivity (Wildman–Crippen MR) is 109 cm³/mol. The highest BCUT2D eigenvalue weighted by molar-refractivity contribution is 5.96. The van der Waals surface area contributed by atoms with E-state index in [0.717, 1.165) is 36.8 Å². The molecule has 1 aliphatic carbocycles. The SMILES string of the molecule is N#Cc1c(NC(=O)C2CCCCC2)oc(-c2ccccc2)c1-c1ccccc1. The molecule has 0 unspecified atom stereocenters. The number of nitrogens with one attached hydrogen (secondary N) is 1. The van der Waals surface area contributed by atoms with E-state index in [1.54, 1.807) is 0 Å². The molecular weight excluding hydrogens is 348 g/mol. The van der Waals surface area contributed by atoms with E-state index in [9.17, 15) is 10.1 Å². The Morgan fingerprint density at radius 2 is 1.54 bits per heavy atom. The van der Waals surface area contributed by atoms with Gasteiger partial charge in [-0.3, -0.25) is 10.1 Å². The molecule has 140 valence electrons. The summed E-state index contributed by atoms with van der Waals surface area (Å²) in [5.41, 5.74) is 2.85. The molecule has 4 heteroatoms. The smallest absolute Gasteiger partial charge is 0.229 e. The standard InChI is InChI=1S/C24H22N2O2/c25-16-20-21(17-10-4-1-5-11-17)22(18-12-6-2-7-13-18)28-24(20)26-23(27)19-14-8-3-9-15-19/h1-2,4-7,10-13,19H,3,8-9,14-15H2,(H,26,27). The quantitative estimate of drug-likeness (QED) is 0.612. The number of nitriles is 1. The Kier molecular flexibility index (Phi) is 5.25. The third kappa shape index (κ3) is 3.57. The van der Waals surface area contributed by atoms with Crippen LogP contribution in [0.15, 0.2) is 65.1 Å². The van der Waals surface area contributed by atoms with Crippen LogP contribution in [0.25, 0.3) is 22.5 Å². The van der Waals surface area contributed by atoms with E-state index in [0.29, 0.717) is 16.9 Å². The summed E-state index contributed by atoms with van der Waals surface area (Å²) in [6.45, 7) is 0. The van der Waals surface area contributed by atoms with Crippen molar-refractivity contribution in [3.05, 3.63) is 66.2 Å². The molecule has 0 aliphatic heterocycles. The Balaban J connectivity index is 1.78. The summed E-state index contributed by atoms with van der Waals surface area (Å²) in [7, 11) is 0. The molecule has 4 nitrogen and oxygen atoms in total. The summed E-state index contributed by atoms with van der Waals surface area (Å²) in [6, 6.07) is 21.6. The molecule has 4 rings (SSSR count). The minimum Gasteiger partial charge on any atom is -0.438 e. The van der Waals surface area contributed by atoms with Gasteiger partial charge in [0, 0.05) is 17.0 Å². The molecule has 28 heavy (non-hydrogen) atoms. The van der Waals surface area contributed by atoms with Gasteiger partial charge in [-0.25, -0.2) is 0 Å². The van der Waals surface area contributed by atoms with Gasteiger partial charge in [-0.1, -0.05) is 79.9 Å². The molecule has 1 N–H and O–H groups in total. The molecule has 0 saturated heterocycles. The fourth-order valence-corrected chi connectivity index (χ4v) is 3.88. The number of carbonyl (C=O) groups excluding carboxylic acids is 1. The zero-order valence-corrected chi connectivity index (χ0v) is 15.7. The zero-order chi connectivity index (χ0) is 19.3. The van der Waals surface area contributed by atoms with E-state index in [2.05, 4.69) is 11.4 Å². The fraction of sp³-hybridized carbons (Fsp3) is 0.250. The molecule has 0 radical (unpaired) electrons. The molecule has 0 spiro atoms. The van der Waals surface area contributed by atoms with Crippen LogP contribution in [-0.2, 0) is 4.79 Å². The Bertz CT molecular complexity index is 994. The van der Waals surface area contributed by atoms with Crippen molar-refractivity contribution in [2.45, 2.75) is 32.1 Å². The van der Waals surface area contributed by atoms with Crippen LogP contribution in [0.5, 0.6) is 0 Å².